The van der Waals surface area contributed by atoms with Crippen LogP contribution in [-0.4, -0.2) is 37.9 Å². The molecule has 0 saturated heterocycles. The van der Waals surface area contributed by atoms with Crippen molar-refractivity contribution in [1.29, 1.82) is 0 Å². The van der Waals surface area contributed by atoms with Gasteiger partial charge in [-0.1, -0.05) is 53.8 Å². The molecule has 0 spiro atoms. The smallest absolute Gasteiger partial charge is 0.326 e. The molecular weight excluding hydrogens is 274 g/mol. The first-order valence-electron chi connectivity index (χ1n) is 6.18. The molecular formula is C15H17NO5. The average Bonchev–Trinajstić information content (AvgIpc) is 2.47. The average molecular weight is 291 g/mol. The Bertz CT molecular complexity index is 530. The lowest BCUT2D eigenvalue weighted by atomic mass is 10.1. The maximum atomic E-state index is 10.6. The van der Waals surface area contributed by atoms with E-state index >= 15 is 0 Å². The SMILES string of the molecule is O=C(O)C(Cc1ccccc1)N(O)O.Oc1ccccc1. The van der Waals surface area contributed by atoms with E-state index in [2.05, 4.69) is 0 Å². The molecule has 0 aliphatic carbocycles. The zero-order valence-corrected chi connectivity index (χ0v) is 11.2. The molecule has 0 fully saturated rings. The highest BCUT2D eigenvalue weighted by Crippen LogP contribution is 2.06. The summed E-state index contributed by atoms with van der Waals surface area (Å²) in [5.74, 6) is -0.957. The number of hydrogen-bond acceptors (Lipinski definition) is 5. The maximum absolute atomic E-state index is 10.6. The number of aliphatic carboxylic acids is 1. The largest absolute Gasteiger partial charge is 0.508 e. The number of phenolic OH excluding ortho intramolecular Hbond substituents is 1. The van der Waals surface area contributed by atoms with Gasteiger partial charge in [-0.2, -0.15) is 0 Å². The molecule has 0 bridgehead atoms. The summed E-state index contributed by atoms with van der Waals surface area (Å²) >= 11 is 0. The second kappa shape index (κ2) is 8.70. The number of hydrogen-bond donors (Lipinski definition) is 4. The lowest BCUT2D eigenvalue weighted by Crippen LogP contribution is -2.38. The number of para-hydroxylation sites is 1. The Kier molecular flexibility index (Phi) is 6.90. The quantitative estimate of drug-likeness (QED) is 0.644. The highest BCUT2D eigenvalue weighted by Gasteiger charge is 2.23. The number of carbonyl (C=O) groups is 1. The van der Waals surface area contributed by atoms with Gasteiger partial charge in [-0.05, 0) is 17.7 Å². The van der Waals surface area contributed by atoms with Crippen molar-refractivity contribution in [2.24, 2.45) is 0 Å². The van der Waals surface area contributed by atoms with Gasteiger partial charge in [0.2, 0.25) is 0 Å². The van der Waals surface area contributed by atoms with Gasteiger partial charge in [0.05, 0.1) is 0 Å². The Morgan fingerprint density at radius 2 is 1.43 bits per heavy atom. The Labute approximate surface area is 122 Å². The summed E-state index contributed by atoms with van der Waals surface area (Å²) in [6.45, 7) is 0. The van der Waals surface area contributed by atoms with Gasteiger partial charge in [0.1, 0.15) is 5.75 Å². The molecule has 1 atom stereocenters. The molecule has 2 rings (SSSR count). The zero-order valence-electron chi connectivity index (χ0n) is 11.2. The van der Waals surface area contributed by atoms with E-state index in [0.717, 1.165) is 5.56 Å². The summed E-state index contributed by atoms with van der Waals surface area (Å²) in [6, 6.07) is 16.1. The number of phenols is 1. The molecule has 4 N–H and O–H groups in total. The van der Waals surface area contributed by atoms with Crippen molar-refractivity contribution in [1.82, 2.24) is 5.23 Å². The minimum absolute atomic E-state index is 0.0448. The highest BCUT2D eigenvalue weighted by molar-refractivity contribution is 5.73. The van der Waals surface area contributed by atoms with Crippen molar-refractivity contribution in [2.75, 3.05) is 0 Å². The van der Waals surface area contributed by atoms with Gasteiger partial charge in [0, 0.05) is 6.42 Å². The number of rotatable bonds is 4. The van der Waals surface area contributed by atoms with Crippen molar-refractivity contribution in [3.05, 3.63) is 66.2 Å². The normalized spacial score (nSPS) is 11.4. The van der Waals surface area contributed by atoms with Crippen LogP contribution >= 0.6 is 0 Å². The molecule has 0 aliphatic heterocycles. The van der Waals surface area contributed by atoms with E-state index in [1.807, 2.05) is 6.07 Å². The van der Waals surface area contributed by atoms with Crippen molar-refractivity contribution < 1.29 is 25.4 Å². The summed E-state index contributed by atoms with van der Waals surface area (Å²) in [5, 5.41) is 34.3. The Hall–Kier alpha value is -2.41. The second-order valence-electron chi connectivity index (χ2n) is 4.20. The van der Waals surface area contributed by atoms with Gasteiger partial charge >= 0.3 is 5.97 Å². The topological polar surface area (TPSA) is 101 Å². The Morgan fingerprint density at radius 3 is 1.76 bits per heavy atom. The van der Waals surface area contributed by atoms with Crippen LogP contribution in [0.5, 0.6) is 5.75 Å². The number of nitrogens with zero attached hydrogens (tertiary/aromatic N) is 1. The maximum Gasteiger partial charge on any atom is 0.326 e. The Morgan fingerprint density at radius 1 is 0.952 bits per heavy atom. The van der Waals surface area contributed by atoms with E-state index in [9.17, 15) is 4.79 Å². The fourth-order valence-corrected chi connectivity index (χ4v) is 1.53. The fourth-order valence-electron chi connectivity index (χ4n) is 1.53. The number of aromatic hydroxyl groups is 1. The summed E-state index contributed by atoms with van der Waals surface area (Å²) < 4.78 is 0. The van der Waals surface area contributed by atoms with E-state index in [1.165, 1.54) is 0 Å². The zero-order chi connectivity index (χ0) is 15.7. The van der Waals surface area contributed by atoms with Crippen LogP contribution in [0.2, 0.25) is 0 Å². The first kappa shape index (κ1) is 16.6. The molecule has 1 unspecified atom stereocenters. The molecule has 6 nitrogen and oxygen atoms in total. The van der Waals surface area contributed by atoms with Crippen LogP contribution in [0.1, 0.15) is 5.56 Å². The summed E-state index contributed by atoms with van der Waals surface area (Å²) in [5.41, 5.74) is 0.730. The van der Waals surface area contributed by atoms with E-state index in [1.54, 1.807) is 54.6 Å². The molecule has 112 valence electrons. The van der Waals surface area contributed by atoms with Crippen molar-refractivity contribution >= 4 is 5.97 Å². The predicted octanol–water partition coefficient (Wildman–Crippen LogP) is 2.15. The minimum atomic E-state index is -1.34. The third-order valence-corrected chi connectivity index (χ3v) is 2.59. The standard InChI is InChI=1S/C9H11NO4.C6H6O/c11-9(12)8(10(13)14)6-7-4-2-1-3-5-7;7-6-4-2-1-3-5-6/h1-5,8,13-14H,6H2,(H,11,12);1-5,7H. The van der Waals surface area contributed by atoms with Crippen LogP contribution in [0.25, 0.3) is 0 Å². The van der Waals surface area contributed by atoms with Gasteiger partial charge in [0.25, 0.3) is 0 Å². The van der Waals surface area contributed by atoms with Gasteiger partial charge in [-0.3, -0.25) is 15.2 Å². The molecule has 0 aliphatic rings. The molecule has 2 aromatic rings. The predicted molar refractivity (Wildman–Crippen MR) is 75.1 cm³/mol. The van der Waals surface area contributed by atoms with Crippen LogP contribution in [0.3, 0.4) is 0 Å². The first-order valence-corrected chi connectivity index (χ1v) is 6.18. The van der Waals surface area contributed by atoms with Crippen LogP contribution in [-0.2, 0) is 11.2 Å². The number of carboxylic acids is 1. The number of benzene rings is 2. The fraction of sp³-hybridized carbons (Fsp3) is 0.133. The molecule has 21 heavy (non-hydrogen) atoms. The van der Waals surface area contributed by atoms with Crippen molar-refractivity contribution in [3.63, 3.8) is 0 Å². The van der Waals surface area contributed by atoms with Crippen LogP contribution in [0.4, 0.5) is 0 Å². The van der Waals surface area contributed by atoms with Gasteiger partial charge in [-0.25, -0.2) is 0 Å². The van der Waals surface area contributed by atoms with Crippen LogP contribution in [0.15, 0.2) is 60.7 Å². The lowest BCUT2D eigenvalue weighted by Gasteiger charge is -2.15. The third kappa shape index (κ3) is 6.53. The monoisotopic (exact) mass is 291 g/mol. The summed E-state index contributed by atoms with van der Waals surface area (Å²) in [7, 11) is 0. The van der Waals surface area contributed by atoms with Crippen molar-refractivity contribution in [2.45, 2.75) is 12.5 Å². The molecule has 6 heteroatoms. The van der Waals surface area contributed by atoms with Crippen molar-refractivity contribution in [3.8, 4) is 5.75 Å². The highest BCUT2D eigenvalue weighted by atomic mass is 16.8. The van der Waals surface area contributed by atoms with Crippen LogP contribution in [0, 0.1) is 0 Å². The third-order valence-electron chi connectivity index (χ3n) is 2.59. The summed E-state index contributed by atoms with van der Waals surface area (Å²) in [4.78, 5) is 10.6. The molecule has 0 radical (unpaired) electrons. The van der Waals surface area contributed by atoms with Gasteiger partial charge in [-0.15, -0.1) is 0 Å². The van der Waals surface area contributed by atoms with E-state index in [4.69, 9.17) is 20.6 Å². The number of hydroxylamine groups is 2. The van der Waals surface area contributed by atoms with E-state index < -0.39 is 12.0 Å². The minimum Gasteiger partial charge on any atom is -0.508 e. The van der Waals surface area contributed by atoms with Gasteiger partial charge in [0.15, 0.2) is 6.04 Å². The molecule has 0 aromatic heterocycles. The number of carboxylic acid groups (broad SMARTS) is 1. The summed E-state index contributed by atoms with van der Waals surface area (Å²) in [6.07, 6.45) is 0.0448. The van der Waals surface area contributed by atoms with E-state index in [0.29, 0.717) is 5.75 Å². The van der Waals surface area contributed by atoms with E-state index in [-0.39, 0.29) is 11.6 Å². The Balaban J connectivity index is 0.000000262. The molecule has 2 aromatic carbocycles. The second-order valence-corrected chi connectivity index (χ2v) is 4.20. The first-order chi connectivity index (χ1) is 10.0. The van der Waals surface area contributed by atoms with Crippen LogP contribution < -0.4 is 0 Å². The molecule has 0 saturated carbocycles. The lowest BCUT2D eigenvalue weighted by molar-refractivity contribution is -0.327. The molecule has 0 amide bonds. The molecule has 0 heterocycles. The van der Waals surface area contributed by atoms with Gasteiger partial charge < -0.3 is 10.2 Å².